The molecule has 1 aromatic rings. The Morgan fingerprint density at radius 3 is 2.00 bits per heavy atom. The van der Waals surface area contributed by atoms with Crippen molar-refractivity contribution < 1.29 is 18.7 Å². The molecule has 0 spiro atoms. The number of hydrogen-bond donors (Lipinski definition) is 3. The van der Waals surface area contributed by atoms with Gasteiger partial charge in [0.2, 0.25) is 0 Å². The van der Waals surface area contributed by atoms with E-state index in [9.17, 15) is 8.42 Å². The largest absolute Gasteiger partial charge is 0.370 e. The van der Waals surface area contributed by atoms with Gasteiger partial charge in [0.15, 0.2) is 15.8 Å². The van der Waals surface area contributed by atoms with E-state index in [0.717, 1.165) is 6.26 Å². The molecule has 1 rings (SSSR count). The van der Waals surface area contributed by atoms with E-state index in [1.807, 2.05) is 0 Å². The molecule has 18 heavy (non-hydrogen) atoms. The fraction of sp³-hybridized carbons (Fsp3) is 0.125. The molecule has 0 aromatic heterocycles. The maximum Gasteiger partial charge on any atom is 0.291 e. The van der Waals surface area contributed by atoms with Crippen LogP contribution in [0.15, 0.2) is 34.2 Å². The third kappa shape index (κ3) is 7.00. The van der Waals surface area contributed by atoms with Gasteiger partial charge < -0.3 is 16.7 Å². The molecule has 0 bridgehead atoms. The number of nitrogens with two attached hydrogens (primary N) is 2. The van der Waals surface area contributed by atoms with Crippen LogP contribution in [0.25, 0.3) is 0 Å². The number of hydrogen-bond acceptors (Lipinski definition) is 5. The number of guanidine groups is 1. The van der Waals surface area contributed by atoms with Gasteiger partial charge >= 0.3 is 0 Å². The molecule has 0 amide bonds. The van der Waals surface area contributed by atoms with Gasteiger partial charge in [0.05, 0.1) is 10.6 Å². The summed E-state index contributed by atoms with van der Waals surface area (Å²) in [7, 11) is -3.16. The van der Waals surface area contributed by atoms with Crippen molar-refractivity contribution in [3.63, 3.8) is 0 Å². The standard InChI is InChI=1S/C8H11N3O2S.HNO3/c1-14(12,13)7-4-2-6(3-5-7)11-8(9)10;2-1(3)4/h2-5H,1H3,(H4,9,10,11);(H,2,3,4). The van der Waals surface area contributed by atoms with Crippen molar-refractivity contribution >= 4 is 21.5 Å². The van der Waals surface area contributed by atoms with E-state index in [-0.39, 0.29) is 10.9 Å². The lowest BCUT2D eigenvalue weighted by atomic mass is 10.3. The first kappa shape index (κ1) is 15.6. The minimum atomic E-state index is -3.16. The van der Waals surface area contributed by atoms with Gasteiger partial charge in [-0.1, -0.05) is 0 Å². The molecule has 0 fully saturated rings. The van der Waals surface area contributed by atoms with Crippen molar-refractivity contribution in [1.29, 1.82) is 0 Å². The summed E-state index contributed by atoms with van der Waals surface area (Å²) in [5.41, 5.74) is 10.8. The first-order valence-electron chi connectivity index (χ1n) is 4.36. The zero-order chi connectivity index (χ0) is 14.3. The van der Waals surface area contributed by atoms with Crippen LogP contribution in [-0.2, 0) is 9.84 Å². The second kappa shape index (κ2) is 6.39. The van der Waals surface area contributed by atoms with E-state index in [0.29, 0.717) is 5.69 Å². The first-order chi connectivity index (χ1) is 8.12. The maximum absolute atomic E-state index is 11.1. The lowest BCUT2D eigenvalue weighted by molar-refractivity contribution is -0.742. The van der Waals surface area contributed by atoms with Gasteiger partial charge in [-0.25, -0.2) is 13.4 Å². The van der Waals surface area contributed by atoms with Crippen LogP contribution in [-0.4, -0.2) is 30.9 Å². The van der Waals surface area contributed by atoms with Crippen molar-refractivity contribution in [3.8, 4) is 0 Å². The van der Waals surface area contributed by atoms with Crippen LogP contribution in [0.5, 0.6) is 0 Å². The predicted molar refractivity (Wildman–Crippen MR) is 63.8 cm³/mol. The molecule has 0 radical (unpaired) electrons. The average Bonchev–Trinajstić information content (AvgIpc) is 2.14. The third-order valence-corrected chi connectivity index (χ3v) is 2.65. The van der Waals surface area contributed by atoms with Crippen LogP contribution in [0.2, 0.25) is 0 Å². The van der Waals surface area contributed by atoms with E-state index >= 15 is 0 Å². The Morgan fingerprint density at radius 1 is 1.33 bits per heavy atom. The molecule has 1 aromatic carbocycles. The Kier molecular flexibility index (Phi) is 5.56. The molecule has 0 aliphatic rings. The molecule has 0 saturated heterocycles. The van der Waals surface area contributed by atoms with Crippen LogP contribution >= 0.6 is 0 Å². The summed E-state index contributed by atoms with van der Waals surface area (Å²) in [5.74, 6) is -0.0582. The molecular formula is C8H12N4O5S. The van der Waals surface area contributed by atoms with Crippen LogP contribution in [0, 0.1) is 10.1 Å². The summed E-state index contributed by atoms with van der Waals surface area (Å²) in [6.45, 7) is 0. The predicted octanol–water partition coefficient (Wildman–Crippen LogP) is -0.353. The third-order valence-electron chi connectivity index (χ3n) is 1.52. The summed E-state index contributed by atoms with van der Waals surface area (Å²) in [4.78, 5) is 12.4. The normalized spacial score (nSPS) is 9.83. The van der Waals surface area contributed by atoms with Crippen molar-refractivity contribution in [2.24, 2.45) is 16.5 Å². The van der Waals surface area contributed by atoms with Gasteiger partial charge in [-0.2, -0.15) is 0 Å². The van der Waals surface area contributed by atoms with Gasteiger partial charge in [-0.15, -0.1) is 10.1 Å². The first-order valence-corrected chi connectivity index (χ1v) is 6.25. The lowest BCUT2D eigenvalue weighted by Gasteiger charge is -1.98. The second-order valence-corrected chi connectivity index (χ2v) is 5.06. The molecule has 0 heterocycles. The molecule has 0 atom stereocenters. The van der Waals surface area contributed by atoms with Gasteiger partial charge in [0.25, 0.3) is 5.09 Å². The number of benzene rings is 1. The van der Waals surface area contributed by atoms with Crippen molar-refractivity contribution in [2.45, 2.75) is 4.90 Å². The number of nitrogens with zero attached hydrogens (tertiary/aromatic N) is 2. The molecule has 100 valence electrons. The Labute approximate surface area is 103 Å². The van der Waals surface area contributed by atoms with Crippen LogP contribution in [0.3, 0.4) is 0 Å². The highest BCUT2D eigenvalue weighted by molar-refractivity contribution is 7.90. The zero-order valence-corrected chi connectivity index (χ0v) is 10.2. The van der Waals surface area contributed by atoms with E-state index in [1.165, 1.54) is 24.3 Å². The van der Waals surface area contributed by atoms with Gasteiger partial charge in [-0.3, -0.25) is 0 Å². The highest BCUT2D eigenvalue weighted by Crippen LogP contribution is 2.15. The van der Waals surface area contributed by atoms with E-state index in [1.54, 1.807) is 0 Å². The smallest absolute Gasteiger partial charge is 0.291 e. The van der Waals surface area contributed by atoms with Gasteiger partial charge in [0, 0.05) is 6.26 Å². The summed E-state index contributed by atoms with van der Waals surface area (Å²) in [6.07, 6.45) is 1.14. The van der Waals surface area contributed by atoms with E-state index in [2.05, 4.69) is 4.99 Å². The molecule has 0 aliphatic heterocycles. The summed E-state index contributed by atoms with van der Waals surface area (Å²) >= 11 is 0. The highest BCUT2D eigenvalue weighted by Gasteiger charge is 2.05. The molecule has 0 unspecified atom stereocenters. The minimum Gasteiger partial charge on any atom is -0.370 e. The Hall–Kier alpha value is -2.36. The molecule has 0 aliphatic carbocycles. The average molecular weight is 276 g/mol. The van der Waals surface area contributed by atoms with Crippen LogP contribution < -0.4 is 11.5 Å². The Bertz CT molecular complexity index is 529. The fourth-order valence-electron chi connectivity index (χ4n) is 0.917. The number of sulfone groups is 1. The number of rotatable bonds is 2. The summed E-state index contributed by atoms with van der Waals surface area (Å²) < 4.78 is 22.2. The quantitative estimate of drug-likeness (QED) is 0.287. The Morgan fingerprint density at radius 2 is 1.72 bits per heavy atom. The maximum atomic E-state index is 11.1. The fourth-order valence-corrected chi connectivity index (χ4v) is 1.55. The second-order valence-electron chi connectivity index (χ2n) is 3.04. The van der Waals surface area contributed by atoms with Crippen molar-refractivity contribution in [2.75, 3.05) is 6.26 Å². The van der Waals surface area contributed by atoms with Gasteiger partial charge in [0.1, 0.15) is 0 Å². The molecule has 9 nitrogen and oxygen atoms in total. The lowest BCUT2D eigenvalue weighted by Crippen LogP contribution is -2.21. The van der Waals surface area contributed by atoms with E-state index in [4.69, 9.17) is 26.8 Å². The van der Waals surface area contributed by atoms with Crippen molar-refractivity contribution in [1.82, 2.24) is 0 Å². The van der Waals surface area contributed by atoms with Crippen molar-refractivity contribution in [3.05, 3.63) is 34.4 Å². The topological polar surface area (TPSA) is 162 Å². The monoisotopic (exact) mass is 276 g/mol. The molecular weight excluding hydrogens is 264 g/mol. The molecule has 0 saturated carbocycles. The summed E-state index contributed by atoms with van der Waals surface area (Å²) in [6, 6.07) is 5.99. The molecule has 10 heteroatoms. The Balaban J connectivity index is 0.000000631. The van der Waals surface area contributed by atoms with Crippen LogP contribution in [0.4, 0.5) is 5.69 Å². The minimum absolute atomic E-state index is 0.0582. The van der Waals surface area contributed by atoms with Gasteiger partial charge in [-0.05, 0) is 24.3 Å². The zero-order valence-electron chi connectivity index (χ0n) is 9.35. The van der Waals surface area contributed by atoms with Crippen LogP contribution in [0.1, 0.15) is 0 Å². The van der Waals surface area contributed by atoms with E-state index < -0.39 is 14.9 Å². The molecule has 5 N–H and O–H groups in total. The number of aliphatic imine (C=N–C) groups is 1. The summed E-state index contributed by atoms with van der Waals surface area (Å²) in [5, 5.41) is 13.6. The SMILES string of the molecule is CS(=O)(=O)c1ccc(N=C(N)N)cc1.O=[N+]([O-])O. The highest BCUT2D eigenvalue weighted by atomic mass is 32.2.